The van der Waals surface area contributed by atoms with Crippen LogP contribution in [-0.4, -0.2) is 39.6 Å². The third kappa shape index (κ3) is 1.69. The number of likely N-dealkylation sites (tertiary alicyclic amines) is 1. The first-order valence-corrected chi connectivity index (χ1v) is 5.77. The average molecular weight is 277 g/mol. The number of hydrogen-bond donors (Lipinski definition) is 1. The Balaban J connectivity index is 2.08. The van der Waals surface area contributed by atoms with E-state index in [1.807, 2.05) is 0 Å². The van der Waals surface area contributed by atoms with Crippen LogP contribution in [0.3, 0.4) is 0 Å². The maximum Gasteiger partial charge on any atom is 0.274 e. The molecule has 1 aromatic heterocycles. The summed E-state index contributed by atoms with van der Waals surface area (Å²) in [5.74, 6) is -0.121. The molecule has 1 aromatic rings. The number of β-amino-alcohol motifs (C(OH)–C–C–N with tert-alkyl or cyclic N) is 1. The summed E-state index contributed by atoms with van der Waals surface area (Å²) in [6.45, 7) is 2.48. The summed E-state index contributed by atoms with van der Waals surface area (Å²) in [5.41, 5.74) is 1.33. The maximum absolute atomic E-state index is 11.7. The predicted octanol–water partition coefficient (Wildman–Crippen LogP) is 1.11. The van der Waals surface area contributed by atoms with Crippen molar-refractivity contribution in [2.75, 3.05) is 13.1 Å². The molecule has 4 nitrogen and oxygen atoms in total. The van der Waals surface area contributed by atoms with Crippen molar-refractivity contribution in [1.82, 2.24) is 9.88 Å². The molecule has 1 aliphatic heterocycles. The van der Waals surface area contributed by atoms with Crippen molar-refractivity contribution in [3.8, 4) is 0 Å². The lowest BCUT2D eigenvalue weighted by molar-refractivity contribution is -0.0670. The quantitative estimate of drug-likeness (QED) is 0.836. The van der Waals surface area contributed by atoms with E-state index in [-0.39, 0.29) is 5.91 Å². The number of aromatic nitrogens is 1. The van der Waals surface area contributed by atoms with Crippen molar-refractivity contribution >= 4 is 33.2 Å². The van der Waals surface area contributed by atoms with E-state index >= 15 is 0 Å². The lowest BCUT2D eigenvalue weighted by atomic mass is 9.97. The fourth-order valence-corrected chi connectivity index (χ4v) is 2.47. The molecular weight excluding hydrogens is 268 g/mol. The highest BCUT2D eigenvalue weighted by Gasteiger charge is 2.40. The molecule has 1 N–H and O–H groups in total. The minimum atomic E-state index is -0.724. The molecule has 0 atom stereocenters. The molecule has 0 aromatic carbocycles. The van der Waals surface area contributed by atoms with E-state index < -0.39 is 5.60 Å². The smallest absolute Gasteiger partial charge is 0.274 e. The molecule has 0 radical (unpaired) electrons. The van der Waals surface area contributed by atoms with Gasteiger partial charge in [-0.05, 0) is 22.9 Å². The van der Waals surface area contributed by atoms with Crippen LogP contribution < -0.4 is 0 Å². The van der Waals surface area contributed by atoms with Crippen LogP contribution in [0.15, 0.2) is 9.30 Å². The van der Waals surface area contributed by atoms with Crippen LogP contribution in [0, 0.1) is 0 Å². The molecule has 2 heterocycles. The van der Waals surface area contributed by atoms with E-state index in [0.717, 1.165) is 3.79 Å². The Bertz CT molecular complexity index is 369. The monoisotopic (exact) mass is 276 g/mol. The minimum Gasteiger partial charge on any atom is -0.386 e. The standard InChI is InChI=1S/C8H9BrN2O2S/c1-8(13)2-11(3-8)7(12)5-6(9)14-4-10-5/h4,13H,2-3H2,1H3. The van der Waals surface area contributed by atoms with Gasteiger partial charge in [-0.3, -0.25) is 4.79 Å². The zero-order valence-corrected chi connectivity index (χ0v) is 9.93. The highest BCUT2D eigenvalue weighted by atomic mass is 79.9. The summed E-state index contributed by atoms with van der Waals surface area (Å²) < 4.78 is 0.744. The topological polar surface area (TPSA) is 53.4 Å². The summed E-state index contributed by atoms with van der Waals surface area (Å²) in [5, 5.41) is 9.48. The Kier molecular flexibility index (Phi) is 2.36. The van der Waals surface area contributed by atoms with Gasteiger partial charge in [0.05, 0.1) is 24.2 Å². The van der Waals surface area contributed by atoms with Gasteiger partial charge >= 0.3 is 0 Å². The molecule has 1 aliphatic rings. The number of amides is 1. The van der Waals surface area contributed by atoms with Crippen LogP contribution in [0.1, 0.15) is 17.4 Å². The summed E-state index contributed by atoms with van der Waals surface area (Å²) in [7, 11) is 0. The van der Waals surface area contributed by atoms with E-state index in [1.54, 1.807) is 17.3 Å². The number of aliphatic hydroxyl groups is 1. The molecule has 0 aliphatic carbocycles. The van der Waals surface area contributed by atoms with Crippen molar-refractivity contribution < 1.29 is 9.90 Å². The average Bonchev–Trinajstić information content (AvgIpc) is 2.45. The second kappa shape index (κ2) is 3.29. The van der Waals surface area contributed by atoms with Gasteiger partial charge in [-0.15, -0.1) is 11.3 Å². The lowest BCUT2D eigenvalue weighted by Gasteiger charge is -2.43. The number of hydrogen-bond acceptors (Lipinski definition) is 4. The van der Waals surface area contributed by atoms with Crippen molar-refractivity contribution in [2.45, 2.75) is 12.5 Å². The molecule has 1 fully saturated rings. The van der Waals surface area contributed by atoms with Crippen LogP contribution in [0.4, 0.5) is 0 Å². The van der Waals surface area contributed by atoms with Gasteiger partial charge in [0.1, 0.15) is 3.79 Å². The number of thiazole rings is 1. The van der Waals surface area contributed by atoms with E-state index in [0.29, 0.717) is 18.8 Å². The summed E-state index contributed by atoms with van der Waals surface area (Å²) in [4.78, 5) is 17.3. The molecule has 1 amide bonds. The maximum atomic E-state index is 11.7. The summed E-state index contributed by atoms with van der Waals surface area (Å²) in [6.07, 6.45) is 0. The third-order valence-electron chi connectivity index (χ3n) is 2.08. The Labute approximate surface area is 93.7 Å². The minimum absolute atomic E-state index is 0.121. The van der Waals surface area contributed by atoms with Crippen molar-refractivity contribution in [3.63, 3.8) is 0 Å². The zero-order chi connectivity index (χ0) is 10.3. The number of carbonyl (C=O) groups excluding carboxylic acids is 1. The Morgan fingerprint density at radius 1 is 1.79 bits per heavy atom. The molecule has 14 heavy (non-hydrogen) atoms. The van der Waals surface area contributed by atoms with Crippen LogP contribution in [-0.2, 0) is 0 Å². The number of carbonyl (C=O) groups is 1. The van der Waals surface area contributed by atoms with Gasteiger partial charge in [0.25, 0.3) is 5.91 Å². The molecule has 76 valence electrons. The van der Waals surface area contributed by atoms with Crippen LogP contribution in [0.25, 0.3) is 0 Å². The van der Waals surface area contributed by atoms with Gasteiger partial charge in [-0.25, -0.2) is 4.98 Å². The predicted molar refractivity (Wildman–Crippen MR) is 56.3 cm³/mol. The normalized spacial score (nSPS) is 19.2. The fraction of sp³-hybridized carbons (Fsp3) is 0.500. The SMILES string of the molecule is CC1(O)CN(C(=O)c2ncsc2Br)C1. The zero-order valence-electron chi connectivity index (χ0n) is 7.53. The molecular formula is C8H9BrN2O2S. The Hall–Kier alpha value is -0.460. The summed E-state index contributed by atoms with van der Waals surface area (Å²) >= 11 is 4.64. The molecule has 0 spiro atoms. The van der Waals surface area contributed by atoms with Crippen molar-refractivity contribution in [3.05, 3.63) is 15.0 Å². The Morgan fingerprint density at radius 2 is 2.43 bits per heavy atom. The summed E-state index contributed by atoms with van der Waals surface area (Å²) in [6, 6.07) is 0. The molecule has 1 saturated heterocycles. The van der Waals surface area contributed by atoms with Gasteiger partial charge < -0.3 is 10.0 Å². The van der Waals surface area contributed by atoms with Crippen LogP contribution in [0.2, 0.25) is 0 Å². The number of halogens is 1. The first kappa shape index (κ1) is 10.1. The second-order valence-corrected chi connectivity index (χ2v) is 5.81. The molecule has 0 bridgehead atoms. The van der Waals surface area contributed by atoms with Gasteiger partial charge in [0.15, 0.2) is 5.69 Å². The lowest BCUT2D eigenvalue weighted by Crippen LogP contribution is -2.61. The van der Waals surface area contributed by atoms with Gasteiger partial charge in [-0.1, -0.05) is 0 Å². The van der Waals surface area contributed by atoms with Crippen LogP contribution >= 0.6 is 27.3 Å². The van der Waals surface area contributed by atoms with Gasteiger partial charge in [-0.2, -0.15) is 0 Å². The number of rotatable bonds is 1. The van der Waals surface area contributed by atoms with Crippen molar-refractivity contribution in [1.29, 1.82) is 0 Å². The van der Waals surface area contributed by atoms with E-state index in [9.17, 15) is 9.90 Å². The van der Waals surface area contributed by atoms with E-state index in [4.69, 9.17) is 0 Å². The second-order valence-electron chi connectivity index (χ2n) is 3.63. The first-order chi connectivity index (χ1) is 6.49. The molecule has 6 heteroatoms. The largest absolute Gasteiger partial charge is 0.386 e. The molecule has 0 saturated carbocycles. The molecule has 2 rings (SSSR count). The molecule has 0 unspecified atom stereocenters. The Morgan fingerprint density at radius 3 is 2.86 bits per heavy atom. The highest BCUT2D eigenvalue weighted by molar-refractivity contribution is 9.11. The van der Waals surface area contributed by atoms with Crippen molar-refractivity contribution in [2.24, 2.45) is 0 Å². The van der Waals surface area contributed by atoms with Gasteiger partial charge in [0.2, 0.25) is 0 Å². The third-order valence-corrected chi connectivity index (χ3v) is 3.62. The fourth-order valence-electron chi connectivity index (χ4n) is 1.44. The highest BCUT2D eigenvalue weighted by Crippen LogP contribution is 2.26. The number of nitrogens with zero attached hydrogens (tertiary/aromatic N) is 2. The van der Waals surface area contributed by atoms with E-state index in [1.165, 1.54) is 11.3 Å². The van der Waals surface area contributed by atoms with Gasteiger partial charge in [0, 0.05) is 0 Å². The first-order valence-electron chi connectivity index (χ1n) is 4.10. The van der Waals surface area contributed by atoms with E-state index in [2.05, 4.69) is 20.9 Å². The van der Waals surface area contributed by atoms with Crippen LogP contribution in [0.5, 0.6) is 0 Å².